The van der Waals surface area contributed by atoms with Crippen LogP contribution in [0.25, 0.3) is 22.2 Å². The van der Waals surface area contributed by atoms with Crippen LogP contribution in [0.15, 0.2) is 36.5 Å². The molecule has 2 aliphatic rings. The molecule has 2 aliphatic heterocycles. The van der Waals surface area contributed by atoms with E-state index in [1.165, 1.54) is 5.56 Å². The van der Waals surface area contributed by atoms with Gasteiger partial charge in [0.25, 0.3) is 5.91 Å². The summed E-state index contributed by atoms with van der Waals surface area (Å²) in [5.74, 6) is 1.40. The topological polar surface area (TPSA) is 61.0 Å². The van der Waals surface area contributed by atoms with Crippen molar-refractivity contribution < 1.29 is 4.79 Å². The van der Waals surface area contributed by atoms with Crippen molar-refractivity contribution in [2.24, 2.45) is 11.8 Å². The first-order valence-electron chi connectivity index (χ1n) is 10.2. The molecule has 0 saturated carbocycles. The molecular formula is C23H26N4O. The van der Waals surface area contributed by atoms with Crippen molar-refractivity contribution in [1.82, 2.24) is 20.2 Å². The molecule has 5 rings (SSSR count). The number of benzene rings is 1. The standard InChI is InChI=1S/C23H26N4O/c1-3-19-20-9-16(23(28)27-12-17-10-24-11-18(17)13-27)4-5-21(20)26-22(19)15-6-7-25-14(2)8-15/h4-9,17-18,24,26H,3,10-13H2,1-2H3. The van der Waals surface area contributed by atoms with E-state index in [-0.39, 0.29) is 5.91 Å². The second-order valence-electron chi connectivity index (χ2n) is 8.17. The molecule has 5 heteroatoms. The molecule has 2 unspecified atom stereocenters. The maximum atomic E-state index is 13.1. The number of likely N-dealkylation sites (tertiary alicyclic amines) is 1. The van der Waals surface area contributed by atoms with E-state index in [4.69, 9.17) is 0 Å². The van der Waals surface area contributed by atoms with Crippen LogP contribution in [-0.4, -0.2) is 47.0 Å². The molecule has 2 saturated heterocycles. The van der Waals surface area contributed by atoms with Gasteiger partial charge in [0, 0.05) is 65.8 Å². The number of hydrogen-bond donors (Lipinski definition) is 2. The van der Waals surface area contributed by atoms with Gasteiger partial charge in [0.2, 0.25) is 0 Å². The van der Waals surface area contributed by atoms with Crippen LogP contribution in [0, 0.1) is 18.8 Å². The van der Waals surface area contributed by atoms with Crippen LogP contribution < -0.4 is 5.32 Å². The van der Waals surface area contributed by atoms with E-state index in [0.717, 1.165) is 66.0 Å². The smallest absolute Gasteiger partial charge is 0.253 e. The largest absolute Gasteiger partial charge is 0.354 e. The van der Waals surface area contributed by atoms with Crippen LogP contribution in [0.4, 0.5) is 0 Å². The van der Waals surface area contributed by atoms with E-state index < -0.39 is 0 Å². The molecule has 0 bridgehead atoms. The predicted octanol–water partition coefficient (Wildman–Crippen LogP) is 3.39. The Labute approximate surface area is 165 Å². The minimum atomic E-state index is 0.167. The molecule has 3 aromatic rings. The molecule has 0 radical (unpaired) electrons. The van der Waals surface area contributed by atoms with Crippen molar-refractivity contribution in [3.63, 3.8) is 0 Å². The summed E-state index contributed by atoms with van der Waals surface area (Å²) in [6.45, 7) is 8.02. The quantitative estimate of drug-likeness (QED) is 0.739. The first-order valence-corrected chi connectivity index (χ1v) is 10.2. The highest BCUT2D eigenvalue weighted by atomic mass is 16.2. The highest BCUT2D eigenvalue weighted by Gasteiger charge is 2.38. The van der Waals surface area contributed by atoms with Crippen LogP contribution in [-0.2, 0) is 6.42 Å². The molecule has 2 N–H and O–H groups in total. The number of nitrogens with one attached hydrogen (secondary N) is 2. The van der Waals surface area contributed by atoms with Gasteiger partial charge in [-0.25, -0.2) is 0 Å². The predicted molar refractivity (Wildman–Crippen MR) is 111 cm³/mol. The molecule has 4 heterocycles. The second-order valence-corrected chi connectivity index (χ2v) is 8.17. The van der Waals surface area contributed by atoms with Crippen LogP contribution in [0.1, 0.15) is 28.5 Å². The Morgan fingerprint density at radius 1 is 1.18 bits per heavy atom. The first kappa shape index (κ1) is 17.4. The number of rotatable bonds is 3. The van der Waals surface area contributed by atoms with E-state index >= 15 is 0 Å². The van der Waals surface area contributed by atoms with E-state index in [1.807, 2.05) is 30.2 Å². The van der Waals surface area contributed by atoms with Gasteiger partial charge in [-0.05, 0) is 61.1 Å². The highest BCUT2D eigenvalue weighted by Crippen LogP contribution is 2.33. The van der Waals surface area contributed by atoms with Gasteiger partial charge in [0.15, 0.2) is 0 Å². The fraction of sp³-hybridized carbons (Fsp3) is 0.391. The Morgan fingerprint density at radius 2 is 1.96 bits per heavy atom. The summed E-state index contributed by atoms with van der Waals surface area (Å²) in [5, 5.41) is 4.59. The summed E-state index contributed by atoms with van der Waals surface area (Å²) in [6.07, 6.45) is 2.76. The van der Waals surface area contributed by atoms with E-state index in [1.54, 1.807) is 0 Å². The SMILES string of the molecule is CCc1c(-c2ccnc(C)c2)[nH]c2ccc(C(=O)N3CC4CNCC4C3)cc12. The van der Waals surface area contributed by atoms with Gasteiger partial charge in [-0.1, -0.05) is 6.92 Å². The van der Waals surface area contributed by atoms with Gasteiger partial charge in [0.05, 0.1) is 0 Å². The Kier molecular flexibility index (Phi) is 4.20. The first-order chi connectivity index (χ1) is 13.6. The molecule has 0 aliphatic carbocycles. The Hall–Kier alpha value is -2.66. The summed E-state index contributed by atoms with van der Waals surface area (Å²) >= 11 is 0. The molecule has 1 amide bonds. The monoisotopic (exact) mass is 374 g/mol. The zero-order valence-electron chi connectivity index (χ0n) is 16.5. The number of carbonyl (C=O) groups excluding carboxylic acids is 1. The zero-order valence-corrected chi connectivity index (χ0v) is 16.5. The minimum Gasteiger partial charge on any atom is -0.354 e. The number of aromatic nitrogens is 2. The number of aryl methyl sites for hydroxylation is 2. The van der Waals surface area contributed by atoms with Gasteiger partial charge >= 0.3 is 0 Å². The van der Waals surface area contributed by atoms with Crippen molar-refractivity contribution in [3.05, 3.63) is 53.3 Å². The lowest BCUT2D eigenvalue weighted by molar-refractivity contribution is 0.0782. The van der Waals surface area contributed by atoms with E-state index in [0.29, 0.717) is 11.8 Å². The molecular weight excluding hydrogens is 348 g/mol. The Balaban J connectivity index is 1.51. The van der Waals surface area contributed by atoms with Gasteiger partial charge in [0.1, 0.15) is 0 Å². The molecule has 1 aromatic carbocycles. The van der Waals surface area contributed by atoms with E-state index in [9.17, 15) is 4.79 Å². The Morgan fingerprint density at radius 3 is 2.68 bits per heavy atom. The lowest BCUT2D eigenvalue weighted by Crippen LogP contribution is -2.31. The zero-order chi connectivity index (χ0) is 19.3. The van der Waals surface area contributed by atoms with Gasteiger partial charge in [-0.3, -0.25) is 9.78 Å². The molecule has 2 aromatic heterocycles. The third kappa shape index (κ3) is 2.81. The van der Waals surface area contributed by atoms with Gasteiger partial charge in [-0.2, -0.15) is 0 Å². The fourth-order valence-electron chi connectivity index (χ4n) is 4.90. The number of hydrogen-bond acceptors (Lipinski definition) is 3. The number of H-pyrrole nitrogens is 1. The number of nitrogens with zero attached hydrogens (tertiary/aromatic N) is 2. The summed E-state index contributed by atoms with van der Waals surface area (Å²) in [4.78, 5) is 23.1. The summed E-state index contributed by atoms with van der Waals surface area (Å²) in [7, 11) is 0. The van der Waals surface area contributed by atoms with Crippen LogP contribution in [0.5, 0.6) is 0 Å². The normalized spacial score (nSPS) is 21.4. The molecule has 144 valence electrons. The lowest BCUT2D eigenvalue weighted by Gasteiger charge is -2.17. The number of fused-ring (bicyclic) bond motifs is 2. The molecule has 28 heavy (non-hydrogen) atoms. The van der Waals surface area contributed by atoms with Crippen molar-refractivity contribution >= 4 is 16.8 Å². The molecule has 5 nitrogen and oxygen atoms in total. The fourth-order valence-corrected chi connectivity index (χ4v) is 4.90. The van der Waals surface area contributed by atoms with Gasteiger partial charge in [-0.15, -0.1) is 0 Å². The number of aromatic amines is 1. The average molecular weight is 374 g/mol. The van der Waals surface area contributed by atoms with Crippen molar-refractivity contribution in [3.8, 4) is 11.3 Å². The van der Waals surface area contributed by atoms with Crippen molar-refractivity contribution in [2.75, 3.05) is 26.2 Å². The van der Waals surface area contributed by atoms with Crippen LogP contribution in [0.2, 0.25) is 0 Å². The highest BCUT2D eigenvalue weighted by molar-refractivity contribution is 6.00. The van der Waals surface area contributed by atoms with Gasteiger partial charge < -0.3 is 15.2 Å². The Bertz CT molecular complexity index is 1040. The summed E-state index contributed by atoms with van der Waals surface area (Å²) in [5.41, 5.74) is 6.43. The second kappa shape index (κ2) is 6.74. The third-order valence-corrected chi connectivity index (χ3v) is 6.37. The minimum absolute atomic E-state index is 0.167. The van der Waals surface area contributed by atoms with Crippen molar-refractivity contribution in [1.29, 1.82) is 0 Å². The van der Waals surface area contributed by atoms with E-state index in [2.05, 4.69) is 40.4 Å². The maximum absolute atomic E-state index is 13.1. The molecule has 2 fully saturated rings. The molecule has 0 spiro atoms. The third-order valence-electron chi connectivity index (χ3n) is 6.37. The number of carbonyl (C=O) groups is 1. The lowest BCUT2D eigenvalue weighted by atomic mass is 10.0. The number of amides is 1. The molecule has 2 atom stereocenters. The summed E-state index contributed by atoms with van der Waals surface area (Å²) < 4.78 is 0. The number of pyridine rings is 1. The average Bonchev–Trinajstić information content (AvgIpc) is 3.39. The van der Waals surface area contributed by atoms with Crippen LogP contribution in [0.3, 0.4) is 0 Å². The summed E-state index contributed by atoms with van der Waals surface area (Å²) in [6, 6.07) is 10.2. The maximum Gasteiger partial charge on any atom is 0.253 e. The van der Waals surface area contributed by atoms with Crippen molar-refractivity contribution in [2.45, 2.75) is 20.3 Å². The van der Waals surface area contributed by atoms with Crippen LogP contribution >= 0.6 is 0 Å².